The number of halogens is 2. The van der Waals surface area contributed by atoms with E-state index in [-0.39, 0.29) is 5.82 Å². The van der Waals surface area contributed by atoms with Crippen molar-refractivity contribution < 1.29 is 18.0 Å². The number of aromatic nitrogens is 1. The Hall–Kier alpha value is -1.66. The summed E-state index contributed by atoms with van der Waals surface area (Å²) in [4.78, 5) is 14.3. The van der Waals surface area contributed by atoms with Crippen LogP contribution in [0.25, 0.3) is 0 Å². The van der Waals surface area contributed by atoms with Crippen molar-refractivity contribution >= 4 is 11.8 Å². The van der Waals surface area contributed by atoms with Crippen molar-refractivity contribution in [1.82, 2.24) is 10.3 Å². The summed E-state index contributed by atoms with van der Waals surface area (Å²) in [5.74, 6) is 0.173. The number of hydrogen-bond donors (Lipinski definition) is 2. The van der Waals surface area contributed by atoms with Gasteiger partial charge in [-0.3, -0.25) is 5.32 Å². The second-order valence-electron chi connectivity index (χ2n) is 2.10. The third-order valence-electron chi connectivity index (χ3n) is 1.09. The third-order valence-corrected chi connectivity index (χ3v) is 1.09. The molecule has 7 heteroatoms. The van der Waals surface area contributed by atoms with Crippen LogP contribution < -0.4 is 10.6 Å². The first-order valence-electron chi connectivity index (χ1n) is 3.39. The quantitative estimate of drug-likeness (QED) is 0.750. The van der Waals surface area contributed by atoms with Crippen LogP contribution in [0.4, 0.5) is 19.4 Å². The summed E-state index contributed by atoms with van der Waals surface area (Å²) in [7, 11) is 0. The van der Waals surface area contributed by atoms with Crippen LogP contribution in [0.2, 0.25) is 0 Å². The number of urea groups is 1. The molecule has 2 amide bonds. The molecular weight excluding hydrogens is 184 g/mol. The van der Waals surface area contributed by atoms with E-state index in [4.69, 9.17) is 0 Å². The monoisotopic (exact) mass is 191 g/mol. The van der Waals surface area contributed by atoms with Crippen LogP contribution in [0.15, 0.2) is 17.1 Å². The standard InChI is InChI=1S/C6H7F2N3O2/c7-4(8)1-9-6(12)11-5-2-13-3-10-5/h2-4H,1H2,(H2,9,11,12). The highest BCUT2D eigenvalue weighted by Gasteiger charge is 2.06. The lowest BCUT2D eigenvalue weighted by Crippen LogP contribution is -2.32. The van der Waals surface area contributed by atoms with Crippen molar-refractivity contribution in [2.75, 3.05) is 11.9 Å². The zero-order valence-electron chi connectivity index (χ0n) is 6.46. The molecule has 0 bridgehead atoms. The first-order valence-corrected chi connectivity index (χ1v) is 3.39. The van der Waals surface area contributed by atoms with Gasteiger partial charge >= 0.3 is 6.03 Å². The molecule has 0 spiro atoms. The lowest BCUT2D eigenvalue weighted by atomic mass is 10.6. The van der Waals surface area contributed by atoms with Gasteiger partial charge in [-0.15, -0.1) is 0 Å². The van der Waals surface area contributed by atoms with Crippen molar-refractivity contribution in [2.45, 2.75) is 6.43 Å². The van der Waals surface area contributed by atoms with Crippen molar-refractivity contribution in [2.24, 2.45) is 0 Å². The van der Waals surface area contributed by atoms with Gasteiger partial charge in [-0.2, -0.15) is 4.98 Å². The van der Waals surface area contributed by atoms with Gasteiger partial charge in [-0.1, -0.05) is 0 Å². The molecule has 0 atom stereocenters. The molecule has 0 aliphatic carbocycles. The van der Waals surface area contributed by atoms with Crippen molar-refractivity contribution in [3.05, 3.63) is 12.7 Å². The Balaban J connectivity index is 2.26. The van der Waals surface area contributed by atoms with E-state index in [0.29, 0.717) is 0 Å². The molecule has 0 saturated heterocycles. The van der Waals surface area contributed by atoms with Crippen LogP contribution in [0.5, 0.6) is 0 Å². The molecule has 0 unspecified atom stereocenters. The van der Waals surface area contributed by atoms with E-state index in [1.54, 1.807) is 0 Å². The van der Waals surface area contributed by atoms with Gasteiger partial charge in [0.2, 0.25) is 0 Å². The van der Waals surface area contributed by atoms with Gasteiger partial charge in [0.15, 0.2) is 12.2 Å². The van der Waals surface area contributed by atoms with Gasteiger partial charge in [0, 0.05) is 0 Å². The van der Waals surface area contributed by atoms with Gasteiger partial charge < -0.3 is 9.73 Å². The molecule has 1 heterocycles. The number of anilines is 1. The number of carbonyl (C=O) groups is 1. The highest BCUT2D eigenvalue weighted by atomic mass is 19.3. The number of rotatable bonds is 3. The summed E-state index contributed by atoms with van der Waals surface area (Å²) in [6, 6.07) is -0.741. The zero-order valence-corrected chi connectivity index (χ0v) is 6.46. The van der Waals surface area contributed by atoms with E-state index < -0.39 is 19.0 Å². The molecule has 1 rings (SSSR count). The average Bonchev–Trinajstić information content (AvgIpc) is 2.53. The molecule has 1 aromatic heterocycles. The van der Waals surface area contributed by atoms with Gasteiger partial charge in [-0.25, -0.2) is 13.6 Å². The van der Waals surface area contributed by atoms with Gasteiger partial charge in [0.1, 0.15) is 6.26 Å². The van der Waals surface area contributed by atoms with Crippen molar-refractivity contribution in [3.63, 3.8) is 0 Å². The Bertz CT molecular complexity index is 263. The Kier molecular flexibility index (Phi) is 3.18. The predicted octanol–water partition coefficient (Wildman–Crippen LogP) is 1.06. The molecule has 0 aliphatic rings. The number of carbonyl (C=O) groups excluding carboxylic acids is 1. The van der Waals surface area contributed by atoms with Crippen molar-refractivity contribution in [3.8, 4) is 0 Å². The van der Waals surface area contributed by atoms with Gasteiger partial charge in [0.05, 0.1) is 6.54 Å². The molecule has 5 nitrogen and oxygen atoms in total. The molecule has 0 aromatic carbocycles. The summed E-state index contributed by atoms with van der Waals surface area (Å²) >= 11 is 0. The highest BCUT2D eigenvalue weighted by Crippen LogP contribution is 1.99. The van der Waals surface area contributed by atoms with Gasteiger partial charge in [0.25, 0.3) is 6.43 Å². The number of alkyl halides is 2. The number of hydrogen-bond acceptors (Lipinski definition) is 3. The predicted molar refractivity (Wildman–Crippen MR) is 39.5 cm³/mol. The maximum absolute atomic E-state index is 11.6. The molecule has 0 fully saturated rings. The number of oxazole rings is 1. The molecule has 1 aromatic rings. The van der Waals surface area contributed by atoms with Crippen LogP contribution in [0.3, 0.4) is 0 Å². The Morgan fingerprint density at radius 2 is 2.46 bits per heavy atom. The lowest BCUT2D eigenvalue weighted by Gasteiger charge is -2.03. The van der Waals surface area contributed by atoms with E-state index in [9.17, 15) is 13.6 Å². The maximum atomic E-state index is 11.6. The Labute approximate surface area is 72.1 Å². The summed E-state index contributed by atoms with van der Waals surface area (Å²) in [5, 5.41) is 4.13. The summed E-state index contributed by atoms with van der Waals surface area (Å²) in [5.41, 5.74) is 0. The summed E-state index contributed by atoms with van der Waals surface area (Å²) < 4.78 is 27.7. The molecule has 2 N–H and O–H groups in total. The van der Waals surface area contributed by atoms with Crippen molar-refractivity contribution in [1.29, 1.82) is 0 Å². The SMILES string of the molecule is O=C(NCC(F)F)Nc1cocn1. The van der Waals surface area contributed by atoms with E-state index in [1.165, 1.54) is 6.26 Å². The molecule has 0 saturated carbocycles. The van der Waals surface area contributed by atoms with Crippen LogP contribution >= 0.6 is 0 Å². The molecular formula is C6H7F2N3O2. The van der Waals surface area contributed by atoms with E-state index in [1.807, 2.05) is 5.32 Å². The van der Waals surface area contributed by atoms with Crippen LogP contribution in [0, 0.1) is 0 Å². The van der Waals surface area contributed by atoms with E-state index in [0.717, 1.165) is 6.39 Å². The van der Waals surface area contributed by atoms with E-state index >= 15 is 0 Å². The number of nitrogens with one attached hydrogen (secondary N) is 2. The largest absolute Gasteiger partial charge is 0.449 e. The molecule has 72 valence electrons. The van der Waals surface area contributed by atoms with Crippen LogP contribution in [0.1, 0.15) is 0 Å². The Morgan fingerprint density at radius 1 is 1.69 bits per heavy atom. The smallest absolute Gasteiger partial charge is 0.320 e. The second kappa shape index (κ2) is 4.39. The maximum Gasteiger partial charge on any atom is 0.320 e. The number of amides is 2. The fourth-order valence-electron chi connectivity index (χ4n) is 0.605. The van der Waals surface area contributed by atoms with E-state index in [2.05, 4.69) is 14.7 Å². The minimum Gasteiger partial charge on any atom is -0.449 e. The molecule has 0 radical (unpaired) electrons. The topological polar surface area (TPSA) is 67.2 Å². The molecule has 0 aliphatic heterocycles. The Morgan fingerprint density at radius 3 is 3.00 bits per heavy atom. The normalized spacial score (nSPS) is 10.1. The fourth-order valence-corrected chi connectivity index (χ4v) is 0.605. The lowest BCUT2D eigenvalue weighted by molar-refractivity contribution is 0.148. The number of nitrogens with zero attached hydrogens (tertiary/aromatic N) is 1. The minimum absolute atomic E-state index is 0.173. The van der Waals surface area contributed by atoms with Crippen LogP contribution in [-0.2, 0) is 0 Å². The first-order chi connectivity index (χ1) is 6.18. The first kappa shape index (κ1) is 9.43. The van der Waals surface area contributed by atoms with Gasteiger partial charge in [-0.05, 0) is 0 Å². The summed E-state index contributed by atoms with van der Waals surface area (Å²) in [6.07, 6.45) is -0.270. The average molecular weight is 191 g/mol. The molecule has 13 heavy (non-hydrogen) atoms. The minimum atomic E-state index is -2.57. The second-order valence-corrected chi connectivity index (χ2v) is 2.10. The zero-order chi connectivity index (χ0) is 9.68. The summed E-state index contributed by atoms with van der Waals surface area (Å²) in [6.45, 7) is -0.691. The van der Waals surface area contributed by atoms with Crippen LogP contribution in [-0.4, -0.2) is 24.0 Å². The highest BCUT2D eigenvalue weighted by molar-refractivity contribution is 5.87. The third kappa shape index (κ3) is 3.50. The fraction of sp³-hybridized carbons (Fsp3) is 0.333.